The molecule has 1 heterocycles. The lowest BCUT2D eigenvalue weighted by Gasteiger charge is -2.05. The highest BCUT2D eigenvalue weighted by molar-refractivity contribution is 5.85. The molecule has 16 heavy (non-hydrogen) atoms. The molecule has 0 aliphatic rings. The smallest absolute Gasteiger partial charge is 0.105 e. The first-order valence-corrected chi connectivity index (χ1v) is 4.99. The molecule has 0 spiro atoms. The van der Waals surface area contributed by atoms with Crippen LogP contribution >= 0.6 is 12.4 Å². The quantitative estimate of drug-likeness (QED) is 0.797. The Labute approximate surface area is 102 Å². The minimum Gasteiger partial charge on any atom is -0.331 e. The summed E-state index contributed by atoms with van der Waals surface area (Å²) in [5, 5.41) is 0. The SMILES string of the molecule is C=Cc1ccc(Cn2ccnc2C)cc1.Cl. The van der Waals surface area contributed by atoms with Crippen LogP contribution in [0.3, 0.4) is 0 Å². The van der Waals surface area contributed by atoms with Gasteiger partial charge in [-0.25, -0.2) is 4.98 Å². The van der Waals surface area contributed by atoms with Crippen LogP contribution in [-0.2, 0) is 6.54 Å². The Hall–Kier alpha value is -1.54. The van der Waals surface area contributed by atoms with Crippen LogP contribution in [0, 0.1) is 6.92 Å². The first-order valence-electron chi connectivity index (χ1n) is 4.99. The molecule has 1 aromatic carbocycles. The lowest BCUT2D eigenvalue weighted by molar-refractivity contribution is 0.762. The predicted octanol–water partition coefficient (Wildman–Crippen LogP) is 3.30. The molecule has 84 valence electrons. The molecular weight excluding hydrogens is 220 g/mol. The normalized spacial score (nSPS) is 9.56. The fraction of sp³-hybridized carbons (Fsp3) is 0.154. The van der Waals surface area contributed by atoms with Crippen molar-refractivity contribution in [3.05, 3.63) is 60.2 Å². The Bertz CT molecular complexity index is 457. The molecular formula is C13H15ClN2. The van der Waals surface area contributed by atoms with Gasteiger partial charge in [0.05, 0.1) is 0 Å². The Morgan fingerprint density at radius 1 is 1.31 bits per heavy atom. The van der Waals surface area contributed by atoms with Gasteiger partial charge < -0.3 is 4.57 Å². The van der Waals surface area contributed by atoms with E-state index < -0.39 is 0 Å². The Morgan fingerprint density at radius 2 is 2.00 bits per heavy atom. The van der Waals surface area contributed by atoms with Gasteiger partial charge in [0, 0.05) is 18.9 Å². The van der Waals surface area contributed by atoms with Crippen molar-refractivity contribution in [3.8, 4) is 0 Å². The van der Waals surface area contributed by atoms with E-state index in [1.165, 1.54) is 5.56 Å². The van der Waals surface area contributed by atoms with E-state index in [0.717, 1.165) is 17.9 Å². The van der Waals surface area contributed by atoms with E-state index in [1.54, 1.807) is 0 Å². The van der Waals surface area contributed by atoms with Gasteiger partial charge in [-0.15, -0.1) is 12.4 Å². The summed E-state index contributed by atoms with van der Waals surface area (Å²) in [5.41, 5.74) is 2.43. The van der Waals surface area contributed by atoms with Crippen LogP contribution in [0.4, 0.5) is 0 Å². The van der Waals surface area contributed by atoms with Crippen molar-refractivity contribution in [2.45, 2.75) is 13.5 Å². The molecule has 0 atom stereocenters. The second-order valence-electron chi connectivity index (χ2n) is 3.55. The standard InChI is InChI=1S/C13H14N2.ClH/c1-3-12-4-6-13(7-5-12)10-15-9-8-14-11(15)2;/h3-9H,1,10H2,2H3;1H. The average molecular weight is 235 g/mol. The molecule has 0 unspecified atom stereocenters. The zero-order chi connectivity index (χ0) is 10.7. The molecule has 0 saturated heterocycles. The number of benzene rings is 1. The second-order valence-corrected chi connectivity index (χ2v) is 3.55. The van der Waals surface area contributed by atoms with Crippen molar-refractivity contribution < 1.29 is 0 Å². The highest BCUT2D eigenvalue weighted by Gasteiger charge is 1.97. The first-order chi connectivity index (χ1) is 7.29. The number of aryl methyl sites for hydroxylation is 1. The summed E-state index contributed by atoms with van der Waals surface area (Å²) in [6.45, 7) is 6.63. The monoisotopic (exact) mass is 234 g/mol. The predicted molar refractivity (Wildman–Crippen MR) is 69.8 cm³/mol. The number of hydrogen-bond donors (Lipinski definition) is 0. The van der Waals surface area contributed by atoms with E-state index >= 15 is 0 Å². The molecule has 0 aliphatic heterocycles. The zero-order valence-electron chi connectivity index (χ0n) is 9.26. The number of aromatic nitrogens is 2. The van der Waals surface area contributed by atoms with E-state index in [2.05, 4.69) is 40.4 Å². The van der Waals surface area contributed by atoms with Gasteiger partial charge in [-0.2, -0.15) is 0 Å². The van der Waals surface area contributed by atoms with Gasteiger partial charge in [-0.3, -0.25) is 0 Å². The molecule has 2 nitrogen and oxygen atoms in total. The average Bonchev–Trinajstić information content (AvgIpc) is 2.66. The van der Waals surface area contributed by atoms with Gasteiger partial charge in [0.2, 0.25) is 0 Å². The molecule has 0 saturated carbocycles. The number of rotatable bonds is 3. The van der Waals surface area contributed by atoms with Crippen molar-refractivity contribution in [1.82, 2.24) is 9.55 Å². The van der Waals surface area contributed by atoms with E-state index in [-0.39, 0.29) is 12.4 Å². The molecule has 0 N–H and O–H groups in total. The van der Waals surface area contributed by atoms with Crippen LogP contribution in [0.2, 0.25) is 0 Å². The molecule has 2 rings (SSSR count). The lowest BCUT2D eigenvalue weighted by Crippen LogP contribution is -2.00. The van der Waals surface area contributed by atoms with Gasteiger partial charge in [0.25, 0.3) is 0 Å². The van der Waals surface area contributed by atoms with Gasteiger partial charge in [-0.05, 0) is 18.1 Å². The fourth-order valence-electron chi connectivity index (χ4n) is 1.53. The third kappa shape index (κ3) is 2.74. The Kier molecular flexibility index (Phi) is 4.32. The van der Waals surface area contributed by atoms with Crippen LogP contribution in [0.5, 0.6) is 0 Å². The zero-order valence-corrected chi connectivity index (χ0v) is 10.1. The number of imidazole rings is 1. The van der Waals surface area contributed by atoms with Crippen LogP contribution < -0.4 is 0 Å². The number of hydrogen-bond acceptors (Lipinski definition) is 1. The largest absolute Gasteiger partial charge is 0.331 e. The lowest BCUT2D eigenvalue weighted by atomic mass is 10.1. The van der Waals surface area contributed by atoms with E-state index in [4.69, 9.17) is 0 Å². The van der Waals surface area contributed by atoms with Gasteiger partial charge >= 0.3 is 0 Å². The molecule has 1 aromatic heterocycles. The van der Waals surface area contributed by atoms with Gasteiger partial charge in [0.15, 0.2) is 0 Å². The van der Waals surface area contributed by atoms with Crippen LogP contribution in [0.15, 0.2) is 43.2 Å². The summed E-state index contributed by atoms with van der Waals surface area (Å²) in [7, 11) is 0. The summed E-state index contributed by atoms with van der Waals surface area (Å²) >= 11 is 0. The molecule has 0 aliphatic carbocycles. The summed E-state index contributed by atoms with van der Waals surface area (Å²) < 4.78 is 2.13. The molecule has 0 radical (unpaired) electrons. The van der Waals surface area contributed by atoms with E-state index in [9.17, 15) is 0 Å². The highest BCUT2D eigenvalue weighted by Crippen LogP contribution is 2.08. The topological polar surface area (TPSA) is 17.8 Å². The Morgan fingerprint density at radius 3 is 2.50 bits per heavy atom. The van der Waals surface area contributed by atoms with Crippen LogP contribution in [0.1, 0.15) is 17.0 Å². The third-order valence-corrected chi connectivity index (χ3v) is 2.49. The van der Waals surface area contributed by atoms with Gasteiger partial charge in [-0.1, -0.05) is 36.9 Å². The van der Waals surface area contributed by atoms with E-state index in [1.807, 2.05) is 25.4 Å². The molecule has 0 bridgehead atoms. The molecule has 0 amide bonds. The van der Waals surface area contributed by atoms with Crippen molar-refractivity contribution >= 4 is 18.5 Å². The summed E-state index contributed by atoms with van der Waals surface area (Å²) in [6.07, 6.45) is 5.68. The number of nitrogens with zero attached hydrogens (tertiary/aromatic N) is 2. The third-order valence-electron chi connectivity index (χ3n) is 2.49. The second kappa shape index (κ2) is 5.52. The fourth-order valence-corrected chi connectivity index (χ4v) is 1.53. The van der Waals surface area contributed by atoms with Crippen LogP contribution in [-0.4, -0.2) is 9.55 Å². The number of halogens is 1. The first kappa shape index (κ1) is 12.5. The van der Waals surface area contributed by atoms with Crippen molar-refractivity contribution in [3.63, 3.8) is 0 Å². The highest BCUT2D eigenvalue weighted by atomic mass is 35.5. The minimum atomic E-state index is 0. The maximum absolute atomic E-state index is 4.19. The Balaban J connectivity index is 0.00000128. The minimum absolute atomic E-state index is 0. The molecule has 3 heteroatoms. The molecule has 0 fully saturated rings. The molecule has 2 aromatic rings. The maximum atomic E-state index is 4.19. The summed E-state index contributed by atoms with van der Waals surface area (Å²) in [5.74, 6) is 1.04. The summed E-state index contributed by atoms with van der Waals surface area (Å²) in [6, 6.07) is 8.40. The van der Waals surface area contributed by atoms with Crippen molar-refractivity contribution in [2.75, 3.05) is 0 Å². The van der Waals surface area contributed by atoms with Gasteiger partial charge in [0.1, 0.15) is 5.82 Å². The maximum Gasteiger partial charge on any atom is 0.105 e. The van der Waals surface area contributed by atoms with Crippen molar-refractivity contribution in [2.24, 2.45) is 0 Å². The van der Waals surface area contributed by atoms with E-state index in [0.29, 0.717) is 0 Å². The summed E-state index contributed by atoms with van der Waals surface area (Å²) in [4.78, 5) is 4.19. The van der Waals surface area contributed by atoms with Crippen molar-refractivity contribution in [1.29, 1.82) is 0 Å². The van der Waals surface area contributed by atoms with Crippen LogP contribution in [0.25, 0.3) is 6.08 Å².